The van der Waals surface area contributed by atoms with Gasteiger partial charge >= 0.3 is 0 Å². The van der Waals surface area contributed by atoms with Crippen molar-refractivity contribution < 1.29 is 9.21 Å². The topological polar surface area (TPSA) is 42.2 Å². The lowest BCUT2D eigenvalue weighted by Crippen LogP contribution is -2.65. The summed E-state index contributed by atoms with van der Waals surface area (Å²) >= 11 is 0. The van der Waals surface area contributed by atoms with E-state index in [0.717, 1.165) is 25.2 Å². The zero-order valence-corrected chi connectivity index (χ0v) is 12.4. The zero-order valence-electron chi connectivity index (χ0n) is 12.4. The normalized spacial score (nSPS) is 45.6. The Bertz CT molecular complexity index is 529. The summed E-state index contributed by atoms with van der Waals surface area (Å²) < 4.78 is 5.25. The van der Waals surface area contributed by atoms with Crippen molar-refractivity contribution in [2.24, 2.45) is 16.7 Å². The standard InChI is InChI=1S/C17H23NO2/c1-15-6-12-7-16(2,9-15)11-17(8-12,10-15)18-14(19)13-4-3-5-20-13/h3-5,12H,6-11H2,1-2H3,(H,18,19)/t12?,15-,16-,17?/m0/s1. The van der Waals surface area contributed by atoms with Crippen LogP contribution >= 0.6 is 0 Å². The second-order valence-electron chi connectivity index (χ2n) is 8.34. The summed E-state index contributed by atoms with van der Waals surface area (Å²) in [6.07, 6.45) is 9.02. The molecule has 0 aromatic carbocycles. The molecule has 4 aliphatic rings. The zero-order chi connectivity index (χ0) is 14.0. The third-order valence-electron chi connectivity index (χ3n) is 5.75. The molecule has 1 heterocycles. The lowest BCUT2D eigenvalue weighted by atomic mass is 9.43. The first-order valence-electron chi connectivity index (χ1n) is 7.76. The molecule has 1 aromatic rings. The molecule has 4 bridgehead atoms. The molecule has 3 nitrogen and oxygen atoms in total. The van der Waals surface area contributed by atoms with Gasteiger partial charge in [-0.25, -0.2) is 0 Å². The molecule has 108 valence electrons. The molecule has 1 N–H and O–H groups in total. The van der Waals surface area contributed by atoms with Crippen molar-refractivity contribution in [1.82, 2.24) is 5.32 Å². The van der Waals surface area contributed by atoms with E-state index in [1.54, 1.807) is 18.4 Å². The van der Waals surface area contributed by atoms with Crippen molar-refractivity contribution in [3.63, 3.8) is 0 Å². The predicted octanol–water partition coefficient (Wildman–Crippen LogP) is 3.76. The van der Waals surface area contributed by atoms with Crippen LogP contribution in [0.3, 0.4) is 0 Å². The van der Waals surface area contributed by atoms with Crippen LogP contribution in [0.1, 0.15) is 62.9 Å². The minimum Gasteiger partial charge on any atom is -0.459 e. The maximum absolute atomic E-state index is 12.4. The minimum atomic E-state index is -0.0378. The van der Waals surface area contributed by atoms with Crippen LogP contribution in [-0.4, -0.2) is 11.4 Å². The lowest BCUT2D eigenvalue weighted by Gasteiger charge is -2.65. The Morgan fingerprint density at radius 1 is 1.20 bits per heavy atom. The minimum absolute atomic E-state index is 0.00674. The van der Waals surface area contributed by atoms with Crippen molar-refractivity contribution in [1.29, 1.82) is 0 Å². The number of carbonyl (C=O) groups is 1. The largest absolute Gasteiger partial charge is 0.459 e. The molecule has 4 fully saturated rings. The number of hydrogen-bond acceptors (Lipinski definition) is 2. The van der Waals surface area contributed by atoms with E-state index in [0.29, 0.717) is 16.6 Å². The molecular formula is C17H23NO2. The number of nitrogens with one attached hydrogen (secondary N) is 1. The van der Waals surface area contributed by atoms with Crippen LogP contribution in [0.4, 0.5) is 0 Å². The third-order valence-corrected chi connectivity index (χ3v) is 5.75. The molecule has 0 radical (unpaired) electrons. The molecule has 0 saturated heterocycles. The maximum atomic E-state index is 12.4. The van der Waals surface area contributed by atoms with Gasteiger partial charge in [0.05, 0.1) is 6.26 Å². The molecule has 4 aliphatic carbocycles. The molecule has 1 amide bonds. The summed E-state index contributed by atoms with van der Waals surface area (Å²) in [4.78, 5) is 12.4. The summed E-state index contributed by atoms with van der Waals surface area (Å²) in [5.74, 6) is 1.19. The van der Waals surface area contributed by atoms with Gasteiger partial charge < -0.3 is 9.73 Å². The highest BCUT2D eigenvalue weighted by molar-refractivity contribution is 5.92. The van der Waals surface area contributed by atoms with Gasteiger partial charge in [0.2, 0.25) is 0 Å². The Morgan fingerprint density at radius 2 is 1.90 bits per heavy atom. The van der Waals surface area contributed by atoms with Gasteiger partial charge in [-0.3, -0.25) is 4.79 Å². The van der Waals surface area contributed by atoms with Crippen molar-refractivity contribution in [3.05, 3.63) is 24.2 Å². The number of rotatable bonds is 2. The van der Waals surface area contributed by atoms with Gasteiger partial charge in [-0.2, -0.15) is 0 Å². The van der Waals surface area contributed by atoms with E-state index in [2.05, 4.69) is 19.2 Å². The maximum Gasteiger partial charge on any atom is 0.287 e. The van der Waals surface area contributed by atoms with Gasteiger partial charge in [-0.15, -0.1) is 0 Å². The van der Waals surface area contributed by atoms with E-state index in [4.69, 9.17) is 4.42 Å². The number of hydrogen-bond donors (Lipinski definition) is 1. The van der Waals surface area contributed by atoms with Crippen molar-refractivity contribution in [3.8, 4) is 0 Å². The first-order valence-corrected chi connectivity index (χ1v) is 7.76. The van der Waals surface area contributed by atoms with E-state index in [1.807, 2.05) is 0 Å². The van der Waals surface area contributed by atoms with Crippen molar-refractivity contribution in [2.45, 2.75) is 57.9 Å². The average molecular weight is 273 g/mol. The molecule has 2 atom stereocenters. The Kier molecular flexibility index (Phi) is 2.30. The summed E-state index contributed by atoms with van der Waals surface area (Å²) in [5, 5.41) is 3.34. The van der Waals surface area contributed by atoms with Crippen LogP contribution in [0.5, 0.6) is 0 Å². The smallest absolute Gasteiger partial charge is 0.287 e. The first-order chi connectivity index (χ1) is 9.40. The molecule has 3 heteroatoms. The van der Waals surface area contributed by atoms with Crippen LogP contribution in [0, 0.1) is 16.7 Å². The van der Waals surface area contributed by atoms with Gasteiger partial charge in [-0.05, 0) is 67.4 Å². The number of furan rings is 1. The van der Waals surface area contributed by atoms with Crippen LogP contribution in [0.25, 0.3) is 0 Å². The van der Waals surface area contributed by atoms with Gasteiger partial charge in [0.15, 0.2) is 5.76 Å². The monoisotopic (exact) mass is 273 g/mol. The van der Waals surface area contributed by atoms with Crippen LogP contribution in [-0.2, 0) is 0 Å². The van der Waals surface area contributed by atoms with E-state index >= 15 is 0 Å². The fourth-order valence-corrected chi connectivity index (χ4v) is 6.30. The second kappa shape index (κ2) is 3.69. The Labute approximate surface area is 120 Å². The first kappa shape index (κ1) is 12.5. The fraction of sp³-hybridized carbons (Fsp3) is 0.706. The highest BCUT2D eigenvalue weighted by Crippen LogP contribution is 2.66. The number of amides is 1. The Morgan fingerprint density at radius 3 is 2.45 bits per heavy atom. The molecule has 5 rings (SSSR count). The summed E-state index contributed by atoms with van der Waals surface area (Å²) in [6.45, 7) is 4.84. The Hall–Kier alpha value is -1.25. The van der Waals surface area contributed by atoms with E-state index in [-0.39, 0.29) is 11.4 Å². The third kappa shape index (κ3) is 1.82. The predicted molar refractivity (Wildman–Crippen MR) is 76.3 cm³/mol. The fourth-order valence-electron chi connectivity index (χ4n) is 6.30. The van der Waals surface area contributed by atoms with Crippen LogP contribution in [0.15, 0.2) is 22.8 Å². The highest BCUT2D eigenvalue weighted by atomic mass is 16.3. The second-order valence-corrected chi connectivity index (χ2v) is 8.34. The van der Waals surface area contributed by atoms with Crippen LogP contribution in [0.2, 0.25) is 0 Å². The van der Waals surface area contributed by atoms with Gasteiger partial charge in [0, 0.05) is 5.54 Å². The summed E-state index contributed by atoms with van der Waals surface area (Å²) in [5.41, 5.74) is 0.849. The molecule has 0 aliphatic heterocycles. The van der Waals surface area contributed by atoms with E-state index in [1.165, 1.54) is 19.3 Å². The number of carbonyl (C=O) groups excluding carboxylic acids is 1. The van der Waals surface area contributed by atoms with Crippen LogP contribution < -0.4 is 5.32 Å². The molecular weight excluding hydrogens is 250 g/mol. The van der Waals surface area contributed by atoms with Gasteiger partial charge in [0.1, 0.15) is 0 Å². The quantitative estimate of drug-likeness (QED) is 0.891. The highest BCUT2D eigenvalue weighted by Gasteiger charge is 2.60. The SMILES string of the molecule is C[C@@]12CC3CC(NC(=O)c4ccco4)(C1)C[C@@](C)(C3)C2. The molecule has 4 saturated carbocycles. The summed E-state index contributed by atoms with van der Waals surface area (Å²) in [6, 6.07) is 3.52. The van der Waals surface area contributed by atoms with Gasteiger partial charge in [0.25, 0.3) is 5.91 Å². The van der Waals surface area contributed by atoms with Gasteiger partial charge in [-0.1, -0.05) is 13.8 Å². The van der Waals surface area contributed by atoms with Crippen molar-refractivity contribution >= 4 is 5.91 Å². The molecule has 0 spiro atoms. The van der Waals surface area contributed by atoms with E-state index in [9.17, 15) is 4.79 Å². The van der Waals surface area contributed by atoms with E-state index < -0.39 is 0 Å². The molecule has 1 aromatic heterocycles. The molecule has 0 unspecified atom stereocenters. The Balaban J connectivity index is 1.63. The average Bonchev–Trinajstić information content (AvgIpc) is 2.75. The molecule has 20 heavy (non-hydrogen) atoms. The lowest BCUT2D eigenvalue weighted by molar-refractivity contribution is -0.114. The summed E-state index contributed by atoms with van der Waals surface area (Å²) in [7, 11) is 0. The van der Waals surface area contributed by atoms with Crippen molar-refractivity contribution in [2.75, 3.05) is 0 Å².